The first-order valence-electron chi connectivity index (χ1n) is 6.69. The van der Waals surface area contributed by atoms with Gasteiger partial charge in [-0.25, -0.2) is 4.79 Å². The molecule has 0 radical (unpaired) electrons. The van der Waals surface area contributed by atoms with Crippen molar-refractivity contribution in [1.29, 1.82) is 0 Å². The lowest BCUT2D eigenvalue weighted by Crippen LogP contribution is -2.53. The highest BCUT2D eigenvalue weighted by Gasteiger charge is 2.35. The van der Waals surface area contributed by atoms with Crippen LogP contribution in [0.5, 0.6) is 0 Å². The molecule has 3 rings (SSSR count). The molecule has 5 nitrogen and oxygen atoms in total. The minimum Gasteiger partial charge on any atom is -0.336 e. The number of carbonyl (C=O) groups is 2. The number of rotatable bonds is 3. The number of Topliss-reactive ketones (excluding diaryl/α,β-unsaturated/α-hetero) is 1. The second-order valence-corrected chi connectivity index (χ2v) is 5.63. The summed E-state index contributed by atoms with van der Waals surface area (Å²) < 4.78 is 0. The van der Waals surface area contributed by atoms with Crippen LogP contribution >= 0.6 is 11.6 Å². The Kier molecular flexibility index (Phi) is 3.63. The van der Waals surface area contributed by atoms with E-state index in [-0.39, 0.29) is 17.9 Å². The summed E-state index contributed by atoms with van der Waals surface area (Å²) in [5, 5.41) is 3.46. The Morgan fingerprint density at radius 3 is 2.80 bits per heavy atom. The Balaban J connectivity index is 1.60. The van der Waals surface area contributed by atoms with Crippen molar-refractivity contribution in [3.8, 4) is 0 Å². The maximum Gasteiger partial charge on any atom is 0.317 e. The Hall–Kier alpha value is -1.59. The summed E-state index contributed by atoms with van der Waals surface area (Å²) >= 11 is 5.82. The van der Waals surface area contributed by atoms with E-state index < -0.39 is 0 Å². The second-order valence-electron chi connectivity index (χ2n) is 5.20. The van der Waals surface area contributed by atoms with Gasteiger partial charge in [0.1, 0.15) is 0 Å². The lowest BCUT2D eigenvalue weighted by Gasteiger charge is -2.35. The number of nitrogens with zero attached hydrogens (tertiary/aromatic N) is 2. The largest absolute Gasteiger partial charge is 0.336 e. The van der Waals surface area contributed by atoms with Gasteiger partial charge >= 0.3 is 6.03 Å². The molecule has 20 heavy (non-hydrogen) atoms. The molecule has 2 aliphatic rings. The molecule has 6 heteroatoms. The minimum absolute atomic E-state index is 0.0127. The fourth-order valence-electron chi connectivity index (χ4n) is 2.74. The number of hydrogen-bond acceptors (Lipinski definition) is 3. The van der Waals surface area contributed by atoms with Crippen molar-refractivity contribution in [3.05, 3.63) is 34.9 Å². The van der Waals surface area contributed by atoms with Crippen molar-refractivity contribution in [2.45, 2.75) is 6.04 Å². The van der Waals surface area contributed by atoms with E-state index in [1.54, 1.807) is 24.3 Å². The average Bonchev–Trinajstić information content (AvgIpc) is 2.81. The maximum absolute atomic E-state index is 12.2. The Morgan fingerprint density at radius 1 is 1.30 bits per heavy atom. The number of hydrogen-bond donors (Lipinski definition) is 1. The third-order valence-electron chi connectivity index (χ3n) is 3.85. The molecule has 2 heterocycles. The number of carbonyl (C=O) groups excluding carboxylic acids is 2. The summed E-state index contributed by atoms with van der Waals surface area (Å²) in [5.41, 5.74) is 0.678. The van der Waals surface area contributed by atoms with Crippen LogP contribution in [0.2, 0.25) is 5.02 Å². The van der Waals surface area contributed by atoms with Gasteiger partial charge in [0.25, 0.3) is 0 Å². The molecular formula is C14H16ClN3O2. The number of halogens is 1. The van der Waals surface area contributed by atoms with Crippen molar-refractivity contribution in [1.82, 2.24) is 15.1 Å². The lowest BCUT2D eigenvalue weighted by molar-refractivity contribution is 0.0838. The van der Waals surface area contributed by atoms with Gasteiger partial charge in [-0.1, -0.05) is 11.6 Å². The zero-order valence-corrected chi connectivity index (χ0v) is 11.8. The molecule has 0 bridgehead atoms. The van der Waals surface area contributed by atoms with Crippen LogP contribution in [0, 0.1) is 0 Å². The molecule has 0 saturated carbocycles. The summed E-state index contributed by atoms with van der Waals surface area (Å²) in [6.45, 7) is 3.23. The molecule has 0 spiro atoms. The summed E-state index contributed by atoms with van der Waals surface area (Å²) in [5.74, 6) is 0.0902. The third-order valence-corrected chi connectivity index (χ3v) is 4.10. The molecule has 2 saturated heterocycles. The molecule has 1 N–H and O–H groups in total. The van der Waals surface area contributed by atoms with Gasteiger partial charge in [0.2, 0.25) is 0 Å². The summed E-state index contributed by atoms with van der Waals surface area (Å²) in [6.07, 6.45) is 0. The van der Waals surface area contributed by atoms with Crippen LogP contribution in [0.15, 0.2) is 24.3 Å². The first-order chi connectivity index (χ1) is 9.63. The van der Waals surface area contributed by atoms with Gasteiger partial charge in [0.05, 0.1) is 12.6 Å². The van der Waals surface area contributed by atoms with Gasteiger partial charge in [0, 0.05) is 36.8 Å². The fourth-order valence-corrected chi connectivity index (χ4v) is 2.87. The highest BCUT2D eigenvalue weighted by Crippen LogP contribution is 2.15. The average molecular weight is 294 g/mol. The molecule has 0 aromatic heterocycles. The molecule has 2 aliphatic heterocycles. The number of benzene rings is 1. The van der Waals surface area contributed by atoms with Gasteiger partial charge in [0.15, 0.2) is 5.78 Å². The van der Waals surface area contributed by atoms with Crippen LogP contribution in [0.4, 0.5) is 4.79 Å². The van der Waals surface area contributed by atoms with Gasteiger partial charge in [-0.3, -0.25) is 9.69 Å². The van der Waals surface area contributed by atoms with E-state index in [1.807, 2.05) is 4.90 Å². The van der Waals surface area contributed by atoms with Crippen LogP contribution in [0.1, 0.15) is 10.4 Å². The van der Waals surface area contributed by atoms with Crippen molar-refractivity contribution in [2.75, 3.05) is 32.7 Å². The predicted molar refractivity (Wildman–Crippen MR) is 76.1 cm³/mol. The van der Waals surface area contributed by atoms with Gasteiger partial charge < -0.3 is 10.2 Å². The van der Waals surface area contributed by atoms with E-state index in [1.165, 1.54) is 0 Å². The Labute approximate surface area is 122 Å². The van der Waals surface area contributed by atoms with E-state index in [0.717, 1.165) is 13.1 Å². The maximum atomic E-state index is 12.2. The van der Waals surface area contributed by atoms with E-state index in [2.05, 4.69) is 10.2 Å². The molecule has 2 amide bonds. The molecule has 1 atom stereocenters. The van der Waals surface area contributed by atoms with Crippen LogP contribution < -0.4 is 5.32 Å². The highest BCUT2D eigenvalue weighted by atomic mass is 35.5. The van der Waals surface area contributed by atoms with Crippen LogP contribution in [-0.4, -0.2) is 60.4 Å². The summed E-state index contributed by atoms with van der Waals surface area (Å²) in [6, 6.07) is 7.16. The first-order valence-corrected chi connectivity index (χ1v) is 7.07. The monoisotopic (exact) mass is 293 g/mol. The Bertz CT molecular complexity index is 532. The fraction of sp³-hybridized carbons (Fsp3) is 0.429. The third kappa shape index (κ3) is 2.64. The van der Waals surface area contributed by atoms with Crippen LogP contribution in [0.25, 0.3) is 0 Å². The number of amides is 2. The molecule has 106 valence electrons. The standard InChI is InChI=1S/C14H16ClN3O2/c15-11-3-1-10(2-4-11)13(19)9-17-5-6-18-12(8-17)7-16-14(18)20/h1-4,12H,5-9H2,(H,16,20). The molecule has 1 aromatic carbocycles. The van der Waals surface area contributed by atoms with Crippen molar-refractivity contribution < 1.29 is 9.59 Å². The normalized spacial score (nSPS) is 22.6. The summed E-state index contributed by atoms with van der Waals surface area (Å²) in [4.78, 5) is 27.7. The lowest BCUT2D eigenvalue weighted by atomic mass is 10.1. The van der Waals surface area contributed by atoms with E-state index in [4.69, 9.17) is 11.6 Å². The quantitative estimate of drug-likeness (QED) is 0.853. The van der Waals surface area contributed by atoms with Gasteiger partial charge in [-0.2, -0.15) is 0 Å². The first kappa shape index (κ1) is 13.4. The number of nitrogens with one attached hydrogen (secondary N) is 1. The molecule has 1 aromatic rings. The van der Waals surface area contributed by atoms with E-state index in [9.17, 15) is 9.59 Å². The number of fused-ring (bicyclic) bond motifs is 1. The minimum atomic E-state index is 0.0127. The second kappa shape index (κ2) is 5.42. The van der Waals surface area contributed by atoms with Crippen LogP contribution in [0.3, 0.4) is 0 Å². The van der Waals surface area contributed by atoms with Gasteiger partial charge in [-0.15, -0.1) is 0 Å². The zero-order chi connectivity index (χ0) is 14.1. The smallest absolute Gasteiger partial charge is 0.317 e. The van der Waals surface area contributed by atoms with Gasteiger partial charge in [-0.05, 0) is 24.3 Å². The predicted octanol–water partition coefficient (Wildman–Crippen LogP) is 1.23. The van der Waals surface area contributed by atoms with E-state index >= 15 is 0 Å². The zero-order valence-electron chi connectivity index (χ0n) is 11.0. The number of urea groups is 1. The molecule has 1 unspecified atom stereocenters. The Morgan fingerprint density at radius 2 is 2.05 bits per heavy atom. The van der Waals surface area contributed by atoms with E-state index in [0.29, 0.717) is 30.2 Å². The molecular weight excluding hydrogens is 278 g/mol. The molecule has 2 fully saturated rings. The van der Waals surface area contributed by atoms with Crippen molar-refractivity contribution in [2.24, 2.45) is 0 Å². The number of piperazine rings is 1. The molecule has 0 aliphatic carbocycles. The van der Waals surface area contributed by atoms with Crippen molar-refractivity contribution >= 4 is 23.4 Å². The highest BCUT2D eigenvalue weighted by molar-refractivity contribution is 6.30. The van der Waals surface area contributed by atoms with Crippen LogP contribution in [-0.2, 0) is 0 Å². The van der Waals surface area contributed by atoms with Crippen molar-refractivity contribution in [3.63, 3.8) is 0 Å². The SMILES string of the molecule is O=C(CN1CCN2C(=O)NCC2C1)c1ccc(Cl)cc1. The topological polar surface area (TPSA) is 52.7 Å². The summed E-state index contributed by atoms with van der Waals surface area (Å²) in [7, 11) is 0. The number of ketones is 1.